The molecule has 4 rings (SSSR count). The lowest BCUT2D eigenvalue weighted by Gasteiger charge is -2.19. The summed E-state index contributed by atoms with van der Waals surface area (Å²) in [6.45, 7) is 3.98. The van der Waals surface area contributed by atoms with E-state index < -0.39 is 30.4 Å². The number of carbonyl (C=O) groups excluding carboxylic acids is 2. The lowest BCUT2D eigenvalue weighted by Crippen LogP contribution is -2.48. The van der Waals surface area contributed by atoms with Crippen molar-refractivity contribution in [3.63, 3.8) is 0 Å². The summed E-state index contributed by atoms with van der Waals surface area (Å²) in [7, 11) is 0. The molecule has 8 nitrogen and oxygen atoms in total. The van der Waals surface area contributed by atoms with Gasteiger partial charge in [0.15, 0.2) is 0 Å². The molecule has 0 saturated heterocycles. The average molecular weight is 474 g/mol. The molecule has 0 aliphatic heterocycles. The van der Waals surface area contributed by atoms with Crippen molar-refractivity contribution in [2.75, 3.05) is 6.61 Å². The lowest BCUT2D eigenvalue weighted by atomic mass is 9.98. The Hall–Kier alpha value is -4.20. The van der Waals surface area contributed by atoms with Gasteiger partial charge in [0.25, 0.3) is 0 Å². The predicted octanol–water partition coefficient (Wildman–Crippen LogP) is 3.70. The smallest absolute Gasteiger partial charge is 0.407 e. The Morgan fingerprint density at radius 1 is 1.03 bits per heavy atom. The second-order valence-corrected chi connectivity index (χ2v) is 8.61. The Kier molecular flexibility index (Phi) is 7.10. The second-order valence-electron chi connectivity index (χ2n) is 8.61. The minimum absolute atomic E-state index is 0.0632. The van der Waals surface area contributed by atoms with Crippen LogP contribution in [0.4, 0.5) is 4.79 Å². The maximum Gasteiger partial charge on any atom is 0.407 e. The summed E-state index contributed by atoms with van der Waals surface area (Å²) in [5.41, 5.74) is 6.88. The van der Waals surface area contributed by atoms with Crippen LogP contribution in [0.15, 0.2) is 60.8 Å². The summed E-state index contributed by atoms with van der Waals surface area (Å²) in [5, 5.41) is 14.3. The first-order chi connectivity index (χ1) is 16.8. The van der Waals surface area contributed by atoms with Gasteiger partial charge in [-0.05, 0) is 47.2 Å². The van der Waals surface area contributed by atoms with Crippen molar-refractivity contribution in [3.05, 3.63) is 88.7 Å². The monoisotopic (exact) mass is 473 g/mol. The summed E-state index contributed by atoms with van der Waals surface area (Å²) in [5.74, 6) is -1.98. The Bertz CT molecular complexity index is 1230. The SMILES string of the molecule is Cc1cnc(CNC(=O)C(CC(=O)O)NC(=O)OCC2c3ccccc3-c3ccccc32)c(C)c1. The van der Waals surface area contributed by atoms with Crippen LogP contribution in [-0.4, -0.2) is 40.7 Å². The van der Waals surface area contributed by atoms with Crippen LogP contribution < -0.4 is 10.6 Å². The van der Waals surface area contributed by atoms with E-state index in [9.17, 15) is 19.5 Å². The molecule has 1 aliphatic rings. The molecule has 0 saturated carbocycles. The number of aryl methyl sites for hydroxylation is 2. The van der Waals surface area contributed by atoms with Gasteiger partial charge < -0.3 is 20.5 Å². The Labute approximate surface area is 203 Å². The van der Waals surface area contributed by atoms with Crippen LogP contribution in [0.25, 0.3) is 11.1 Å². The number of pyridine rings is 1. The standard InChI is InChI=1S/C27H27N3O5/c1-16-11-17(2)24(28-13-16)14-29-26(33)23(12-25(31)32)30-27(34)35-15-22-20-9-5-3-7-18(20)19-8-4-6-10-21(19)22/h3-11,13,22-23H,12,14-15H2,1-2H3,(H,29,33)(H,30,34)(H,31,32). The van der Waals surface area contributed by atoms with Gasteiger partial charge in [-0.3, -0.25) is 14.6 Å². The highest BCUT2D eigenvalue weighted by atomic mass is 16.5. The highest BCUT2D eigenvalue weighted by molar-refractivity contribution is 5.89. The van der Waals surface area contributed by atoms with E-state index in [2.05, 4.69) is 15.6 Å². The van der Waals surface area contributed by atoms with Gasteiger partial charge >= 0.3 is 12.1 Å². The van der Waals surface area contributed by atoms with E-state index in [1.165, 1.54) is 0 Å². The number of hydrogen-bond donors (Lipinski definition) is 3. The number of rotatable bonds is 8. The van der Waals surface area contributed by atoms with Crippen LogP contribution in [0.1, 0.15) is 40.3 Å². The van der Waals surface area contributed by atoms with Crippen LogP contribution >= 0.6 is 0 Å². The molecule has 180 valence electrons. The van der Waals surface area contributed by atoms with Gasteiger partial charge in [0.1, 0.15) is 12.6 Å². The topological polar surface area (TPSA) is 118 Å². The van der Waals surface area contributed by atoms with E-state index in [4.69, 9.17) is 4.74 Å². The van der Waals surface area contributed by atoms with E-state index in [0.29, 0.717) is 5.69 Å². The van der Waals surface area contributed by atoms with Crippen molar-refractivity contribution in [3.8, 4) is 11.1 Å². The highest BCUT2D eigenvalue weighted by Crippen LogP contribution is 2.44. The van der Waals surface area contributed by atoms with Crippen molar-refractivity contribution in [2.45, 2.75) is 38.8 Å². The molecule has 1 heterocycles. The number of benzene rings is 2. The zero-order valence-corrected chi connectivity index (χ0v) is 19.6. The number of fused-ring (bicyclic) bond motifs is 3. The number of aliphatic carboxylic acids is 1. The van der Waals surface area contributed by atoms with Crippen molar-refractivity contribution in [1.82, 2.24) is 15.6 Å². The molecule has 2 amide bonds. The fraction of sp³-hybridized carbons (Fsp3) is 0.259. The van der Waals surface area contributed by atoms with Crippen LogP contribution in [0.3, 0.4) is 0 Å². The molecule has 1 aliphatic carbocycles. The van der Waals surface area contributed by atoms with Gasteiger partial charge in [0.2, 0.25) is 5.91 Å². The molecule has 0 spiro atoms. The summed E-state index contributed by atoms with van der Waals surface area (Å²) in [6.07, 6.45) is 0.270. The molecule has 3 N–H and O–H groups in total. The number of nitrogens with one attached hydrogen (secondary N) is 2. The average Bonchev–Trinajstić information content (AvgIpc) is 3.15. The molecule has 1 unspecified atom stereocenters. The summed E-state index contributed by atoms with van der Waals surface area (Å²) in [4.78, 5) is 40.9. The molecular weight excluding hydrogens is 446 g/mol. The van der Waals surface area contributed by atoms with Crippen molar-refractivity contribution in [2.24, 2.45) is 0 Å². The van der Waals surface area contributed by atoms with Gasteiger partial charge in [-0.15, -0.1) is 0 Å². The Morgan fingerprint density at radius 3 is 2.26 bits per heavy atom. The van der Waals surface area contributed by atoms with Gasteiger partial charge in [0.05, 0.1) is 18.7 Å². The molecule has 0 bridgehead atoms. The number of carboxylic acid groups (broad SMARTS) is 1. The molecule has 1 aromatic heterocycles. The van der Waals surface area contributed by atoms with Crippen molar-refractivity contribution >= 4 is 18.0 Å². The third kappa shape index (κ3) is 5.48. The van der Waals surface area contributed by atoms with E-state index in [1.54, 1.807) is 6.20 Å². The highest BCUT2D eigenvalue weighted by Gasteiger charge is 2.30. The second kappa shape index (κ2) is 10.4. The summed E-state index contributed by atoms with van der Waals surface area (Å²) in [6, 6.07) is 16.5. The third-order valence-electron chi connectivity index (χ3n) is 6.08. The quantitative estimate of drug-likeness (QED) is 0.459. The Morgan fingerprint density at radius 2 is 1.66 bits per heavy atom. The van der Waals surface area contributed by atoms with Gasteiger partial charge in [0, 0.05) is 12.1 Å². The lowest BCUT2D eigenvalue weighted by molar-refractivity contribution is -0.139. The number of carbonyl (C=O) groups is 3. The Balaban J connectivity index is 1.39. The minimum Gasteiger partial charge on any atom is -0.481 e. The number of hydrogen-bond acceptors (Lipinski definition) is 5. The molecule has 3 aromatic rings. The molecule has 0 radical (unpaired) electrons. The molecule has 35 heavy (non-hydrogen) atoms. The van der Waals surface area contributed by atoms with E-state index in [-0.39, 0.29) is 19.1 Å². The van der Waals surface area contributed by atoms with Crippen LogP contribution in [0.2, 0.25) is 0 Å². The fourth-order valence-corrected chi connectivity index (χ4v) is 4.39. The summed E-state index contributed by atoms with van der Waals surface area (Å²) < 4.78 is 5.46. The molecule has 8 heteroatoms. The predicted molar refractivity (Wildman–Crippen MR) is 130 cm³/mol. The van der Waals surface area contributed by atoms with Crippen LogP contribution in [0, 0.1) is 13.8 Å². The number of carboxylic acids is 1. The number of amides is 2. The van der Waals surface area contributed by atoms with Crippen molar-refractivity contribution in [1.29, 1.82) is 0 Å². The third-order valence-corrected chi connectivity index (χ3v) is 6.08. The first-order valence-corrected chi connectivity index (χ1v) is 11.4. The van der Waals surface area contributed by atoms with Crippen LogP contribution in [-0.2, 0) is 20.9 Å². The van der Waals surface area contributed by atoms with E-state index in [1.807, 2.05) is 68.4 Å². The first-order valence-electron chi connectivity index (χ1n) is 11.4. The zero-order valence-electron chi connectivity index (χ0n) is 19.6. The van der Waals surface area contributed by atoms with E-state index >= 15 is 0 Å². The van der Waals surface area contributed by atoms with Crippen LogP contribution in [0.5, 0.6) is 0 Å². The van der Waals surface area contributed by atoms with E-state index in [0.717, 1.165) is 33.4 Å². The maximum absolute atomic E-state index is 12.7. The van der Waals surface area contributed by atoms with Gasteiger partial charge in [-0.1, -0.05) is 54.6 Å². The largest absolute Gasteiger partial charge is 0.481 e. The zero-order chi connectivity index (χ0) is 24.9. The normalized spacial score (nSPS) is 12.9. The first kappa shape index (κ1) is 23.9. The van der Waals surface area contributed by atoms with Gasteiger partial charge in [-0.25, -0.2) is 4.79 Å². The van der Waals surface area contributed by atoms with Crippen molar-refractivity contribution < 1.29 is 24.2 Å². The summed E-state index contributed by atoms with van der Waals surface area (Å²) >= 11 is 0. The number of nitrogens with zero attached hydrogens (tertiary/aromatic N) is 1. The van der Waals surface area contributed by atoms with Gasteiger partial charge in [-0.2, -0.15) is 0 Å². The number of aromatic nitrogens is 1. The molecule has 2 aromatic carbocycles. The number of ether oxygens (including phenoxy) is 1. The molecular formula is C27H27N3O5. The molecule has 1 atom stereocenters. The molecule has 0 fully saturated rings. The maximum atomic E-state index is 12.7. The number of alkyl carbamates (subject to hydrolysis) is 1. The minimum atomic E-state index is -1.28. The fourth-order valence-electron chi connectivity index (χ4n) is 4.39.